The van der Waals surface area contributed by atoms with Gasteiger partial charge in [0.1, 0.15) is 12.3 Å². The molecule has 0 saturated heterocycles. The van der Waals surface area contributed by atoms with Crippen molar-refractivity contribution in [1.29, 1.82) is 0 Å². The number of rotatable bonds is 6. The second kappa shape index (κ2) is 9.25. The molecule has 0 spiro atoms. The van der Waals surface area contributed by atoms with Crippen molar-refractivity contribution in [1.82, 2.24) is 4.57 Å². The van der Waals surface area contributed by atoms with Crippen LogP contribution in [0.25, 0.3) is 10.2 Å². The predicted molar refractivity (Wildman–Crippen MR) is 127 cm³/mol. The van der Waals surface area contributed by atoms with Gasteiger partial charge >= 0.3 is 4.87 Å². The Morgan fingerprint density at radius 1 is 1.03 bits per heavy atom. The maximum Gasteiger partial charge on any atom is 0.308 e. The Morgan fingerprint density at radius 3 is 2.56 bits per heavy atom. The average Bonchev–Trinajstić information content (AvgIpc) is 3.10. The highest BCUT2D eigenvalue weighted by Gasteiger charge is 2.15. The van der Waals surface area contributed by atoms with Crippen LogP contribution in [0, 0.1) is 0 Å². The molecule has 2 amide bonds. The highest BCUT2D eigenvalue weighted by Crippen LogP contribution is 2.29. The fraction of sp³-hybridized carbons (Fsp3) is 0.0870. The van der Waals surface area contributed by atoms with E-state index in [1.54, 1.807) is 48.5 Å². The van der Waals surface area contributed by atoms with E-state index in [-0.39, 0.29) is 23.2 Å². The van der Waals surface area contributed by atoms with Crippen molar-refractivity contribution in [3.05, 3.63) is 87.0 Å². The fourth-order valence-electron chi connectivity index (χ4n) is 3.22. The van der Waals surface area contributed by atoms with Crippen molar-refractivity contribution in [2.45, 2.75) is 6.54 Å². The smallest absolute Gasteiger partial charge is 0.308 e. The van der Waals surface area contributed by atoms with Crippen molar-refractivity contribution < 1.29 is 14.3 Å². The number of hydrogen-bond acceptors (Lipinski definition) is 5. The Balaban J connectivity index is 1.49. The molecule has 4 aromatic rings. The molecule has 0 aliphatic rings. The number of nitrogens with zero attached hydrogens (tertiary/aromatic N) is 1. The zero-order valence-electron chi connectivity index (χ0n) is 16.9. The lowest BCUT2D eigenvalue weighted by Gasteiger charge is -2.13. The van der Waals surface area contributed by atoms with Crippen LogP contribution >= 0.6 is 22.9 Å². The lowest BCUT2D eigenvalue weighted by atomic mass is 10.2. The van der Waals surface area contributed by atoms with Crippen LogP contribution in [-0.4, -0.2) is 23.5 Å². The van der Waals surface area contributed by atoms with Gasteiger partial charge in [-0.3, -0.25) is 19.0 Å². The number of carbonyl (C=O) groups excluding carboxylic acids is 2. The average molecular weight is 468 g/mol. The Morgan fingerprint density at radius 2 is 1.78 bits per heavy atom. The van der Waals surface area contributed by atoms with Crippen LogP contribution in [0.2, 0.25) is 5.02 Å². The number of ether oxygens (including phenoxy) is 1. The lowest BCUT2D eigenvalue weighted by Crippen LogP contribution is -2.24. The minimum absolute atomic E-state index is 0.115. The van der Waals surface area contributed by atoms with Crippen LogP contribution in [0.5, 0.6) is 5.75 Å². The van der Waals surface area contributed by atoms with E-state index < -0.39 is 0 Å². The monoisotopic (exact) mass is 467 g/mol. The summed E-state index contributed by atoms with van der Waals surface area (Å²) in [6.07, 6.45) is 0. The normalized spacial score (nSPS) is 10.7. The van der Waals surface area contributed by atoms with E-state index in [1.807, 2.05) is 18.2 Å². The number of amides is 2. The van der Waals surface area contributed by atoms with Crippen LogP contribution < -0.4 is 20.2 Å². The summed E-state index contributed by atoms with van der Waals surface area (Å²) >= 11 is 7.18. The highest BCUT2D eigenvalue weighted by molar-refractivity contribution is 7.16. The van der Waals surface area contributed by atoms with E-state index in [9.17, 15) is 14.4 Å². The molecule has 32 heavy (non-hydrogen) atoms. The zero-order valence-corrected chi connectivity index (χ0v) is 18.5. The third-order valence-electron chi connectivity index (χ3n) is 4.73. The molecule has 0 aliphatic carbocycles. The van der Waals surface area contributed by atoms with Crippen LogP contribution in [0.3, 0.4) is 0 Å². The zero-order chi connectivity index (χ0) is 22.7. The number of methoxy groups -OCH3 is 1. The SMILES string of the molecule is COc1cc(NC(=O)Cn2c(=O)sc3ccccc32)ccc1NC(=O)c1ccccc1Cl. The molecule has 2 N–H and O–H groups in total. The van der Waals surface area contributed by atoms with E-state index in [2.05, 4.69) is 10.6 Å². The molecule has 0 aliphatic heterocycles. The molecule has 0 atom stereocenters. The van der Waals surface area contributed by atoms with Gasteiger partial charge in [-0.05, 0) is 36.4 Å². The second-order valence-electron chi connectivity index (χ2n) is 6.82. The van der Waals surface area contributed by atoms with Crippen LogP contribution in [0.4, 0.5) is 11.4 Å². The molecular weight excluding hydrogens is 450 g/mol. The molecule has 1 aromatic heterocycles. The van der Waals surface area contributed by atoms with E-state index in [4.69, 9.17) is 16.3 Å². The number of benzene rings is 3. The highest BCUT2D eigenvalue weighted by atomic mass is 35.5. The topological polar surface area (TPSA) is 89.4 Å². The number of carbonyl (C=O) groups is 2. The van der Waals surface area contributed by atoms with Gasteiger partial charge in [-0.25, -0.2) is 0 Å². The van der Waals surface area contributed by atoms with Gasteiger partial charge in [-0.2, -0.15) is 0 Å². The van der Waals surface area contributed by atoms with E-state index in [0.717, 1.165) is 16.0 Å². The Kier molecular flexibility index (Phi) is 6.25. The van der Waals surface area contributed by atoms with Crippen LogP contribution in [0.15, 0.2) is 71.5 Å². The first-order valence-corrected chi connectivity index (χ1v) is 10.8. The van der Waals surface area contributed by atoms with Gasteiger partial charge < -0.3 is 15.4 Å². The van der Waals surface area contributed by atoms with Crippen molar-refractivity contribution in [2.75, 3.05) is 17.7 Å². The summed E-state index contributed by atoms with van der Waals surface area (Å²) in [7, 11) is 1.46. The third-order valence-corrected chi connectivity index (χ3v) is 6.02. The molecule has 1 heterocycles. The van der Waals surface area contributed by atoms with Gasteiger partial charge in [0.2, 0.25) is 5.91 Å². The van der Waals surface area contributed by atoms with Gasteiger partial charge in [0.15, 0.2) is 0 Å². The van der Waals surface area contributed by atoms with Gasteiger partial charge in [-0.15, -0.1) is 0 Å². The lowest BCUT2D eigenvalue weighted by molar-refractivity contribution is -0.116. The summed E-state index contributed by atoms with van der Waals surface area (Å²) in [6.45, 7) is -0.115. The van der Waals surface area contributed by atoms with Crippen molar-refractivity contribution in [3.8, 4) is 5.75 Å². The molecule has 9 heteroatoms. The standard InChI is InChI=1S/C23H18ClN3O4S/c1-31-19-12-14(10-11-17(19)26-22(29)15-6-2-3-7-16(15)24)25-21(28)13-27-18-8-4-5-9-20(18)32-23(27)30/h2-12H,13H2,1H3,(H,25,28)(H,26,29). The summed E-state index contributed by atoms with van der Waals surface area (Å²) in [4.78, 5) is 37.1. The molecule has 0 unspecified atom stereocenters. The maximum atomic E-state index is 12.6. The number of anilines is 2. The summed E-state index contributed by atoms with van der Waals surface area (Å²) in [5.74, 6) is -0.374. The fourth-order valence-corrected chi connectivity index (χ4v) is 4.33. The second-order valence-corrected chi connectivity index (χ2v) is 8.22. The van der Waals surface area contributed by atoms with E-state index >= 15 is 0 Å². The van der Waals surface area contributed by atoms with Gasteiger partial charge in [0, 0.05) is 11.8 Å². The molecule has 0 fully saturated rings. The number of thiazole rings is 1. The number of aromatic nitrogens is 1. The van der Waals surface area contributed by atoms with Crippen LogP contribution in [0.1, 0.15) is 10.4 Å². The Hall–Kier alpha value is -3.62. The first-order chi connectivity index (χ1) is 15.5. The summed E-state index contributed by atoms with van der Waals surface area (Å²) in [5, 5.41) is 5.86. The van der Waals surface area contributed by atoms with Crippen molar-refractivity contribution >= 4 is 56.3 Å². The largest absolute Gasteiger partial charge is 0.494 e. The number of para-hydroxylation sites is 1. The number of nitrogens with one attached hydrogen (secondary N) is 2. The number of hydrogen-bond donors (Lipinski definition) is 2. The van der Waals surface area contributed by atoms with Crippen molar-refractivity contribution in [2.24, 2.45) is 0 Å². The summed E-state index contributed by atoms with van der Waals surface area (Å²) in [6, 6.07) is 18.9. The number of halogens is 1. The molecule has 0 saturated carbocycles. The molecule has 0 radical (unpaired) electrons. The first-order valence-electron chi connectivity index (χ1n) is 9.58. The minimum Gasteiger partial charge on any atom is -0.494 e. The summed E-state index contributed by atoms with van der Waals surface area (Å²) in [5.41, 5.74) is 1.94. The summed E-state index contributed by atoms with van der Waals surface area (Å²) < 4.78 is 7.62. The van der Waals surface area contributed by atoms with E-state index in [0.29, 0.717) is 33.2 Å². The third kappa shape index (κ3) is 4.51. The van der Waals surface area contributed by atoms with Crippen molar-refractivity contribution in [3.63, 3.8) is 0 Å². The molecule has 4 rings (SSSR count). The minimum atomic E-state index is -0.380. The predicted octanol–water partition coefficient (Wildman–Crippen LogP) is 4.62. The molecule has 7 nitrogen and oxygen atoms in total. The van der Waals surface area contributed by atoms with Gasteiger partial charge in [0.05, 0.1) is 33.6 Å². The molecule has 3 aromatic carbocycles. The molecule has 0 bridgehead atoms. The Bertz CT molecular complexity index is 1380. The molecule has 162 valence electrons. The van der Waals surface area contributed by atoms with Gasteiger partial charge in [-0.1, -0.05) is 47.2 Å². The number of fused-ring (bicyclic) bond motifs is 1. The molecular formula is C23H18ClN3O4S. The van der Waals surface area contributed by atoms with Crippen LogP contribution in [-0.2, 0) is 11.3 Å². The van der Waals surface area contributed by atoms with Gasteiger partial charge in [0.25, 0.3) is 5.91 Å². The quantitative estimate of drug-likeness (QED) is 0.433. The first kappa shape index (κ1) is 21.6. The van der Waals surface area contributed by atoms with E-state index in [1.165, 1.54) is 11.7 Å². The maximum absolute atomic E-state index is 12.6. The Labute approximate surface area is 192 Å².